The van der Waals surface area contributed by atoms with Crippen LogP contribution in [0.4, 0.5) is 0 Å². The van der Waals surface area contributed by atoms with Gasteiger partial charge in [-0.15, -0.1) is 0 Å². The van der Waals surface area contributed by atoms with E-state index in [0.717, 1.165) is 16.7 Å². The van der Waals surface area contributed by atoms with E-state index in [-0.39, 0.29) is 0 Å². The lowest BCUT2D eigenvalue weighted by molar-refractivity contribution is -0.112. The predicted octanol–water partition coefficient (Wildman–Crippen LogP) is 3.51. The van der Waals surface area contributed by atoms with Crippen LogP contribution in [0.5, 0.6) is 0 Å². The van der Waals surface area contributed by atoms with Crippen LogP contribution in [0.25, 0.3) is 0 Å². The molecule has 2 rings (SSSR count). The first-order valence-electron chi connectivity index (χ1n) is 6.08. The van der Waals surface area contributed by atoms with Crippen molar-refractivity contribution in [2.75, 3.05) is 0 Å². The summed E-state index contributed by atoms with van der Waals surface area (Å²) in [7, 11) is 0. The van der Waals surface area contributed by atoms with Gasteiger partial charge in [0.05, 0.1) is 6.61 Å². The Labute approximate surface area is 108 Å². The van der Waals surface area contributed by atoms with Crippen molar-refractivity contribution in [2.45, 2.75) is 26.7 Å². The topological polar surface area (TPSA) is 29.5 Å². The summed E-state index contributed by atoms with van der Waals surface area (Å²) in [5.41, 5.74) is 4.14. The Morgan fingerprint density at radius 2 is 1.56 bits per heavy atom. The SMILES string of the molecule is Cc1ccccc1COC(O)c1ccccc1C. The van der Waals surface area contributed by atoms with E-state index in [1.54, 1.807) is 0 Å². The first kappa shape index (κ1) is 12.8. The molecule has 2 aromatic carbocycles. The second-order valence-corrected chi connectivity index (χ2v) is 4.45. The Morgan fingerprint density at radius 1 is 0.944 bits per heavy atom. The number of hydrogen-bond acceptors (Lipinski definition) is 2. The van der Waals surface area contributed by atoms with E-state index < -0.39 is 6.29 Å². The third-order valence-electron chi connectivity index (χ3n) is 3.11. The largest absolute Gasteiger partial charge is 0.364 e. The van der Waals surface area contributed by atoms with Crippen molar-refractivity contribution in [1.29, 1.82) is 0 Å². The molecule has 94 valence electrons. The molecule has 0 saturated heterocycles. The lowest BCUT2D eigenvalue weighted by Gasteiger charge is -2.15. The van der Waals surface area contributed by atoms with Gasteiger partial charge in [-0.25, -0.2) is 0 Å². The van der Waals surface area contributed by atoms with Crippen molar-refractivity contribution in [3.8, 4) is 0 Å². The average Bonchev–Trinajstić information content (AvgIpc) is 2.38. The number of benzene rings is 2. The molecule has 2 nitrogen and oxygen atoms in total. The molecule has 0 aliphatic rings. The van der Waals surface area contributed by atoms with E-state index >= 15 is 0 Å². The maximum absolute atomic E-state index is 10.0. The van der Waals surface area contributed by atoms with Gasteiger partial charge in [0, 0.05) is 5.56 Å². The molecule has 0 saturated carbocycles. The quantitative estimate of drug-likeness (QED) is 0.831. The van der Waals surface area contributed by atoms with Gasteiger partial charge in [-0.3, -0.25) is 0 Å². The highest BCUT2D eigenvalue weighted by Crippen LogP contribution is 2.20. The van der Waals surface area contributed by atoms with Crippen LogP contribution in [0, 0.1) is 13.8 Å². The van der Waals surface area contributed by atoms with Crippen LogP contribution in [0.15, 0.2) is 48.5 Å². The monoisotopic (exact) mass is 242 g/mol. The van der Waals surface area contributed by atoms with Gasteiger partial charge in [0.15, 0.2) is 6.29 Å². The van der Waals surface area contributed by atoms with Crippen molar-refractivity contribution in [1.82, 2.24) is 0 Å². The zero-order valence-corrected chi connectivity index (χ0v) is 10.8. The van der Waals surface area contributed by atoms with Crippen LogP contribution in [0.1, 0.15) is 28.5 Å². The Kier molecular flexibility index (Phi) is 4.13. The normalized spacial score (nSPS) is 12.4. The third-order valence-corrected chi connectivity index (χ3v) is 3.11. The minimum Gasteiger partial charge on any atom is -0.364 e. The molecule has 18 heavy (non-hydrogen) atoms. The summed E-state index contributed by atoms with van der Waals surface area (Å²) < 4.78 is 5.53. The van der Waals surface area contributed by atoms with E-state index in [2.05, 4.69) is 0 Å². The standard InChI is InChI=1S/C16H18O2/c1-12-7-3-5-9-14(12)11-18-16(17)15-10-6-4-8-13(15)2/h3-10,16-17H,11H2,1-2H3. The Bertz CT molecular complexity index is 520. The molecular formula is C16H18O2. The third kappa shape index (κ3) is 2.97. The average molecular weight is 242 g/mol. The predicted molar refractivity (Wildman–Crippen MR) is 72.1 cm³/mol. The Hall–Kier alpha value is -1.64. The van der Waals surface area contributed by atoms with E-state index in [1.165, 1.54) is 5.56 Å². The lowest BCUT2D eigenvalue weighted by Crippen LogP contribution is -2.05. The molecule has 0 spiro atoms. The van der Waals surface area contributed by atoms with E-state index in [0.29, 0.717) is 6.61 Å². The number of ether oxygens (including phenoxy) is 1. The van der Waals surface area contributed by atoms with Crippen LogP contribution in [0.2, 0.25) is 0 Å². The minimum absolute atomic E-state index is 0.419. The van der Waals surface area contributed by atoms with E-state index in [4.69, 9.17) is 4.74 Å². The van der Waals surface area contributed by atoms with Gasteiger partial charge in [-0.2, -0.15) is 0 Å². The first-order chi connectivity index (χ1) is 8.68. The first-order valence-corrected chi connectivity index (χ1v) is 6.08. The fraction of sp³-hybridized carbons (Fsp3) is 0.250. The van der Waals surface area contributed by atoms with Gasteiger partial charge in [-0.05, 0) is 30.5 Å². The van der Waals surface area contributed by atoms with Gasteiger partial charge in [0.2, 0.25) is 0 Å². The maximum atomic E-state index is 10.0. The number of rotatable bonds is 4. The van der Waals surface area contributed by atoms with Crippen molar-refractivity contribution in [3.05, 3.63) is 70.8 Å². The number of aliphatic hydroxyl groups is 1. The molecule has 0 heterocycles. The molecule has 2 aromatic rings. The summed E-state index contributed by atoms with van der Waals surface area (Å²) >= 11 is 0. The molecule has 0 fully saturated rings. The van der Waals surface area contributed by atoms with Gasteiger partial charge in [0.25, 0.3) is 0 Å². The smallest absolute Gasteiger partial charge is 0.181 e. The highest BCUT2D eigenvalue weighted by atomic mass is 16.6. The zero-order valence-electron chi connectivity index (χ0n) is 10.8. The number of hydrogen-bond donors (Lipinski definition) is 1. The molecule has 0 aliphatic carbocycles. The Balaban J connectivity index is 2.03. The van der Waals surface area contributed by atoms with Crippen molar-refractivity contribution in [2.24, 2.45) is 0 Å². The molecule has 1 atom stereocenters. The summed E-state index contributed by atoms with van der Waals surface area (Å²) in [6.07, 6.45) is -0.870. The van der Waals surface area contributed by atoms with Crippen molar-refractivity contribution < 1.29 is 9.84 Å². The molecule has 2 heteroatoms. The van der Waals surface area contributed by atoms with Crippen LogP contribution in [0.3, 0.4) is 0 Å². The molecule has 0 aliphatic heterocycles. The van der Waals surface area contributed by atoms with Gasteiger partial charge in [-0.1, -0.05) is 48.5 Å². The summed E-state index contributed by atoms with van der Waals surface area (Å²) in [5, 5.41) is 10.0. The van der Waals surface area contributed by atoms with Crippen LogP contribution >= 0.6 is 0 Å². The number of aryl methyl sites for hydroxylation is 2. The minimum atomic E-state index is -0.870. The van der Waals surface area contributed by atoms with Crippen molar-refractivity contribution >= 4 is 0 Å². The fourth-order valence-electron chi connectivity index (χ4n) is 1.89. The molecule has 1 unspecified atom stereocenters. The fourth-order valence-corrected chi connectivity index (χ4v) is 1.89. The molecule has 0 aromatic heterocycles. The second kappa shape index (κ2) is 5.80. The van der Waals surface area contributed by atoms with Crippen molar-refractivity contribution in [3.63, 3.8) is 0 Å². The van der Waals surface area contributed by atoms with Crippen LogP contribution < -0.4 is 0 Å². The Morgan fingerprint density at radius 3 is 2.22 bits per heavy atom. The molecular weight excluding hydrogens is 224 g/mol. The maximum Gasteiger partial charge on any atom is 0.181 e. The zero-order chi connectivity index (χ0) is 13.0. The highest BCUT2D eigenvalue weighted by molar-refractivity contribution is 5.27. The summed E-state index contributed by atoms with van der Waals surface area (Å²) in [6.45, 7) is 4.43. The van der Waals surface area contributed by atoms with Crippen LogP contribution in [-0.2, 0) is 11.3 Å². The molecule has 0 amide bonds. The van der Waals surface area contributed by atoms with Gasteiger partial charge >= 0.3 is 0 Å². The second-order valence-electron chi connectivity index (χ2n) is 4.45. The van der Waals surface area contributed by atoms with E-state index in [9.17, 15) is 5.11 Å². The highest BCUT2D eigenvalue weighted by Gasteiger charge is 2.10. The van der Waals surface area contributed by atoms with E-state index in [1.807, 2.05) is 62.4 Å². The number of aliphatic hydroxyl groups excluding tert-OH is 1. The summed E-state index contributed by atoms with van der Waals surface area (Å²) in [6, 6.07) is 15.7. The summed E-state index contributed by atoms with van der Waals surface area (Å²) in [5.74, 6) is 0. The molecule has 0 bridgehead atoms. The lowest BCUT2D eigenvalue weighted by atomic mass is 10.1. The van der Waals surface area contributed by atoms with Crippen LogP contribution in [-0.4, -0.2) is 5.11 Å². The van der Waals surface area contributed by atoms with Gasteiger partial charge in [0.1, 0.15) is 0 Å². The van der Waals surface area contributed by atoms with Gasteiger partial charge < -0.3 is 9.84 Å². The summed E-state index contributed by atoms with van der Waals surface area (Å²) in [4.78, 5) is 0. The molecule has 1 N–H and O–H groups in total. The molecule has 0 radical (unpaired) electrons.